The third-order valence-electron chi connectivity index (χ3n) is 8.04. The minimum Gasteiger partial charge on any atom is -0.481 e. The van der Waals surface area contributed by atoms with Crippen LogP contribution in [0.25, 0.3) is 11.1 Å². The molecule has 2 aromatic rings. The van der Waals surface area contributed by atoms with Crippen molar-refractivity contribution in [2.75, 3.05) is 19.7 Å². The zero-order valence-corrected chi connectivity index (χ0v) is 18.2. The number of ether oxygens (including phenoxy) is 1. The van der Waals surface area contributed by atoms with Gasteiger partial charge in [-0.3, -0.25) is 9.59 Å². The molecule has 3 aliphatic carbocycles. The summed E-state index contributed by atoms with van der Waals surface area (Å²) in [5.41, 5.74) is 4.02. The molecule has 0 spiro atoms. The quantitative estimate of drug-likeness (QED) is 0.735. The molecule has 0 radical (unpaired) electrons. The number of hydrogen-bond acceptors (Lipinski definition) is 4. The number of nitrogens with zero attached hydrogens (tertiary/aromatic N) is 1. The molecule has 7 heteroatoms. The van der Waals surface area contributed by atoms with Gasteiger partial charge in [-0.2, -0.15) is 0 Å². The molecule has 2 N–H and O–H groups in total. The number of carbonyl (C=O) groups is 3. The number of alkyl carbamates (subject to hydrolysis) is 1. The van der Waals surface area contributed by atoms with Gasteiger partial charge >= 0.3 is 12.1 Å². The van der Waals surface area contributed by atoms with E-state index in [0.717, 1.165) is 0 Å². The molecule has 1 heterocycles. The van der Waals surface area contributed by atoms with E-state index in [9.17, 15) is 19.5 Å². The summed E-state index contributed by atoms with van der Waals surface area (Å²) < 4.78 is 5.59. The van der Waals surface area contributed by atoms with Crippen LogP contribution in [0.1, 0.15) is 36.3 Å². The highest BCUT2D eigenvalue weighted by molar-refractivity contribution is 5.85. The van der Waals surface area contributed by atoms with E-state index in [1.54, 1.807) is 4.90 Å². The highest BCUT2D eigenvalue weighted by Crippen LogP contribution is 2.58. The molecule has 2 unspecified atom stereocenters. The molecule has 6 rings (SSSR count). The number of carbonyl (C=O) groups excluding carboxylic acids is 2. The fraction of sp³-hybridized carbons (Fsp3) is 0.423. The fourth-order valence-electron chi connectivity index (χ4n) is 5.98. The first kappa shape index (κ1) is 20.3. The third-order valence-corrected chi connectivity index (χ3v) is 8.04. The molecule has 0 bridgehead atoms. The smallest absolute Gasteiger partial charge is 0.407 e. The van der Waals surface area contributed by atoms with Crippen molar-refractivity contribution in [2.24, 2.45) is 17.3 Å². The SMILES string of the molecule is O=C(NC1CC(C(=O)N2CC3CC3(C(=O)O)C2)C1)OCC1c2ccccc2-c2ccccc21. The summed E-state index contributed by atoms with van der Waals surface area (Å²) in [4.78, 5) is 38.3. The van der Waals surface area contributed by atoms with Crippen LogP contribution in [0.4, 0.5) is 4.79 Å². The van der Waals surface area contributed by atoms with Crippen LogP contribution in [0.3, 0.4) is 0 Å². The van der Waals surface area contributed by atoms with Crippen molar-refractivity contribution in [3.05, 3.63) is 59.7 Å². The van der Waals surface area contributed by atoms with Crippen LogP contribution in [0.2, 0.25) is 0 Å². The van der Waals surface area contributed by atoms with E-state index in [1.807, 2.05) is 24.3 Å². The number of nitrogens with one attached hydrogen (secondary N) is 1. The van der Waals surface area contributed by atoms with Crippen LogP contribution in [-0.2, 0) is 14.3 Å². The second-order valence-corrected chi connectivity index (χ2v) is 9.92. The third kappa shape index (κ3) is 3.21. The monoisotopic (exact) mass is 446 g/mol. The molecule has 0 aromatic heterocycles. The van der Waals surface area contributed by atoms with Gasteiger partial charge in [0.15, 0.2) is 0 Å². The number of amides is 2. The molecule has 2 aromatic carbocycles. The van der Waals surface area contributed by atoms with Crippen molar-refractivity contribution in [1.82, 2.24) is 10.2 Å². The summed E-state index contributed by atoms with van der Waals surface area (Å²) in [6, 6.07) is 16.3. The predicted octanol–water partition coefficient (Wildman–Crippen LogP) is 3.24. The second-order valence-electron chi connectivity index (χ2n) is 9.92. The topological polar surface area (TPSA) is 95.9 Å². The van der Waals surface area contributed by atoms with Gasteiger partial charge in [-0.1, -0.05) is 48.5 Å². The zero-order valence-electron chi connectivity index (χ0n) is 18.2. The molecular formula is C26H26N2O5. The number of rotatable bonds is 5. The first-order chi connectivity index (χ1) is 16.0. The Balaban J connectivity index is 1.00. The minimum absolute atomic E-state index is 0.0158. The van der Waals surface area contributed by atoms with Gasteiger partial charge in [-0.15, -0.1) is 0 Å². The van der Waals surface area contributed by atoms with Crippen molar-refractivity contribution in [3.63, 3.8) is 0 Å². The number of piperidine rings is 1. The Morgan fingerprint density at radius 1 is 1.03 bits per heavy atom. The molecular weight excluding hydrogens is 420 g/mol. The van der Waals surface area contributed by atoms with Crippen LogP contribution in [-0.4, -0.2) is 53.7 Å². The lowest BCUT2D eigenvalue weighted by Crippen LogP contribution is -2.50. The van der Waals surface area contributed by atoms with Crippen molar-refractivity contribution in [3.8, 4) is 11.1 Å². The maximum atomic E-state index is 12.7. The minimum atomic E-state index is -0.786. The van der Waals surface area contributed by atoms with E-state index in [1.165, 1.54) is 22.3 Å². The summed E-state index contributed by atoms with van der Waals surface area (Å²) in [6.45, 7) is 1.14. The molecule has 2 saturated carbocycles. The maximum Gasteiger partial charge on any atom is 0.407 e. The first-order valence-electron chi connectivity index (χ1n) is 11.6. The molecule has 1 saturated heterocycles. The average Bonchev–Trinajstić information content (AvgIpc) is 3.22. The van der Waals surface area contributed by atoms with Crippen molar-refractivity contribution in [2.45, 2.75) is 31.2 Å². The van der Waals surface area contributed by atoms with Crippen LogP contribution >= 0.6 is 0 Å². The van der Waals surface area contributed by atoms with Crippen LogP contribution in [0, 0.1) is 17.3 Å². The van der Waals surface area contributed by atoms with E-state index >= 15 is 0 Å². The second kappa shape index (κ2) is 7.33. The number of likely N-dealkylation sites (tertiary alicyclic amines) is 1. The van der Waals surface area contributed by atoms with E-state index in [-0.39, 0.29) is 36.3 Å². The van der Waals surface area contributed by atoms with Crippen molar-refractivity contribution >= 4 is 18.0 Å². The molecule has 4 aliphatic rings. The largest absolute Gasteiger partial charge is 0.481 e. The Hall–Kier alpha value is -3.35. The van der Waals surface area contributed by atoms with Crippen LogP contribution < -0.4 is 5.32 Å². The number of carboxylic acid groups (broad SMARTS) is 1. The summed E-state index contributed by atoms with van der Waals surface area (Å²) >= 11 is 0. The lowest BCUT2D eigenvalue weighted by atomic mass is 9.79. The lowest BCUT2D eigenvalue weighted by molar-refractivity contribution is -0.145. The van der Waals surface area contributed by atoms with Gasteiger partial charge < -0.3 is 20.1 Å². The fourth-order valence-corrected chi connectivity index (χ4v) is 5.98. The number of benzene rings is 2. The van der Waals surface area contributed by atoms with Gasteiger partial charge in [0.05, 0.1) is 5.41 Å². The first-order valence-corrected chi connectivity index (χ1v) is 11.6. The normalized spacial score (nSPS) is 28.8. The highest BCUT2D eigenvalue weighted by Gasteiger charge is 2.66. The molecule has 170 valence electrons. The van der Waals surface area contributed by atoms with E-state index in [4.69, 9.17) is 4.74 Å². The van der Waals surface area contributed by atoms with Crippen molar-refractivity contribution < 1.29 is 24.2 Å². The average molecular weight is 447 g/mol. The standard InChI is InChI=1S/C26H26N2O5/c29-23(28-12-16-11-26(16,14-28)24(30)31)15-9-17(10-15)27-25(32)33-13-22-20-7-3-1-5-18(20)19-6-2-4-8-21(19)22/h1-8,15-17,22H,9-14H2,(H,27,32)(H,30,31). The summed E-state index contributed by atoms with van der Waals surface area (Å²) in [7, 11) is 0. The predicted molar refractivity (Wildman–Crippen MR) is 119 cm³/mol. The van der Waals surface area contributed by atoms with Gasteiger partial charge in [0.1, 0.15) is 6.61 Å². The Morgan fingerprint density at radius 2 is 1.67 bits per heavy atom. The van der Waals surface area contributed by atoms with E-state index < -0.39 is 17.5 Å². The lowest BCUT2D eigenvalue weighted by Gasteiger charge is -2.37. The Morgan fingerprint density at radius 3 is 2.27 bits per heavy atom. The molecule has 3 fully saturated rings. The van der Waals surface area contributed by atoms with Gasteiger partial charge in [-0.05, 0) is 47.4 Å². The summed E-state index contributed by atoms with van der Waals surface area (Å²) in [5, 5.41) is 12.3. The number of aliphatic carboxylic acids is 1. The molecule has 2 atom stereocenters. The summed E-state index contributed by atoms with van der Waals surface area (Å²) in [5.74, 6) is -0.789. The molecule has 7 nitrogen and oxygen atoms in total. The van der Waals surface area contributed by atoms with Crippen LogP contribution in [0.5, 0.6) is 0 Å². The highest BCUT2D eigenvalue weighted by atomic mass is 16.5. The molecule has 33 heavy (non-hydrogen) atoms. The molecule has 2 amide bonds. The Labute approximate surface area is 191 Å². The van der Waals surface area contributed by atoms with Gasteiger partial charge in [-0.25, -0.2) is 4.79 Å². The van der Waals surface area contributed by atoms with Gasteiger partial charge in [0, 0.05) is 31.0 Å². The van der Waals surface area contributed by atoms with E-state index in [0.29, 0.717) is 32.4 Å². The van der Waals surface area contributed by atoms with Gasteiger partial charge in [0.2, 0.25) is 5.91 Å². The van der Waals surface area contributed by atoms with Gasteiger partial charge in [0.25, 0.3) is 0 Å². The zero-order chi connectivity index (χ0) is 22.7. The summed E-state index contributed by atoms with van der Waals surface area (Å²) in [6.07, 6.45) is 1.37. The Bertz CT molecular complexity index is 1110. The van der Waals surface area contributed by atoms with Crippen LogP contribution in [0.15, 0.2) is 48.5 Å². The molecule has 1 aliphatic heterocycles. The number of fused-ring (bicyclic) bond motifs is 4. The number of hydrogen-bond donors (Lipinski definition) is 2. The Kier molecular flexibility index (Phi) is 4.50. The maximum absolute atomic E-state index is 12.7. The number of carboxylic acids is 1. The van der Waals surface area contributed by atoms with Crippen molar-refractivity contribution in [1.29, 1.82) is 0 Å². The van der Waals surface area contributed by atoms with E-state index in [2.05, 4.69) is 29.6 Å².